The van der Waals surface area contributed by atoms with Crippen LogP contribution in [0.2, 0.25) is 0 Å². The molecule has 0 fully saturated rings. The number of H-pyrrole nitrogens is 1. The van der Waals surface area contributed by atoms with Gasteiger partial charge in [-0.05, 0) is 19.1 Å². The summed E-state index contributed by atoms with van der Waals surface area (Å²) in [7, 11) is 0. The Hall–Kier alpha value is 0.876. The van der Waals surface area contributed by atoms with Gasteiger partial charge in [-0.2, -0.15) is 0 Å². The molecule has 0 radical (unpaired) electrons. The SMILES string of the molecule is Cc1ccc[nH]1.[K+].[OH-]. The molecule has 1 aromatic heterocycles. The standard InChI is InChI=1S/C5H7N.K.H2O/c1-5-3-2-4-6-5;;/h2-4,6H,1H3;;1H2/q;+1;/p-1. The molecule has 2 nitrogen and oxygen atoms in total. The van der Waals surface area contributed by atoms with Gasteiger partial charge in [-0.3, -0.25) is 0 Å². The number of hydrogen-bond acceptors (Lipinski definition) is 1. The van der Waals surface area contributed by atoms with Crippen molar-refractivity contribution in [3.8, 4) is 0 Å². The van der Waals surface area contributed by atoms with Crippen LogP contribution in [0.4, 0.5) is 0 Å². The van der Waals surface area contributed by atoms with Crippen LogP contribution in [-0.2, 0) is 0 Å². The first-order chi connectivity index (χ1) is 2.89. The summed E-state index contributed by atoms with van der Waals surface area (Å²) in [6, 6.07) is 4.01. The molecule has 1 aromatic rings. The molecule has 8 heavy (non-hydrogen) atoms. The molecular weight excluding hydrogens is 129 g/mol. The maximum absolute atomic E-state index is 3.00. The first kappa shape index (κ1) is 11.6. The number of aromatic amines is 1. The number of hydrogen-bond donors (Lipinski definition) is 1. The van der Waals surface area contributed by atoms with Gasteiger partial charge in [0.05, 0.1) is 0 Å². The molecule has 0 aliphatic carbocycles. The summed E-state index contributed by atoms with van der Waals surface area (Å²) in [6.45, 7) is 2.03. The molecule has 3 heteroatoms. The topological polar surface area (TPSA) is 45.8 Å². The van der Waals surface area contributed by atoms with Gasteiger partial charge in [-0.15, -0.1) is 0 Å². The van der Waals surface area contributed by atoms with Crippen molar-refractivity contribution in [2.24, 2.45) is 0 Å². The second kappa shape index (κ2) is 6.00. The molecule has 0 amide bonds. The molecule has 0 aromatic carbocycles. The summed E-state index contributed by atoms with van der Waals surface area (Å²) in [4.78, 5) is 3.00. The van der Waals surface area contributed by atoms with Gasteiger partial charge in [0.25, 0.3) is 0 Å². The van der Waals surface area contributed by atoms with Crippen LogP contribution in [-0.4, -0.2) is 10.5 Å². The summed E-state index contributed by atoms with van der Waals surface area (Å²) in [5, 5.41) is 0. The summed E-state index contributed by atoms with van der Waals surface area (Å²) in [6.07, 6.45) is 1.91. The average molecular weight is 137 g/mol. The number of aryl methyl sites for hydroxylation is 1. The van der Waals surface area contributed by atoms with Crippen LogP contribution in [0.1, 0.15) is 5.69 Å². The quantitative estimate of drug-likeness (QED) is 0.419. The number of nitrogens with one attached hydrogen (secondary N) is 1. The number of aromatic nitrogens is 1. The molecule has 0 saturated carbocycles. The Balaban J connectivity index is 0. The first-order valence-electron chi connectivity index (χ1n) is 1.99. The normalized spacial score (nSPS) is 6.62. The smallest absolute Gasteiger partial charge is 0.870 e. The van der Waals surface area contributed by atoms with Gasteiger partial charge in [0.2, 0.25) is 0 Å². The molecule has 0 bridgehead atoms. The van der Waals surface area contributed by atoms with E-state index < -0.39 is 0 Å². The Morgan fingerprint density at radius 1 is 1.50 bits per heavy atom. The van der Waals surface area contributed by atoms with Crippen LogP contribution in [0.15, 0.2) is 18.3 Å². The van der Waals surface area contributed by atoms with E-state index in [-0.39, 0.29) is 56.9 Å². The summed E-state index contributed by atoms with van der Waals surface area (Å²) < 4.78 is 0. The fourth-order valence-electron chi connectivity index (χ4n) is 0.420. The van der Waals surface area contributed by atoms with Crippen LogP contribution < -0.4 is 51.4 Å². The number of rotatable bonds is 0. The summed E-state index contributed by atoms with van der Waals surface area (Å²) >= 11 is 0. The van der Waals surface area contributed by atoms with E-state index in [1.165, 1.54) is 5.69 Å². The molecule has 1 heterocycles. The van der Waals surface area contributed by atoms with Gasteiger partial charge >= 0.3 is 51.4 Å². The van der Waals surface area contributed by atoms with Gasteiger partial charge in [-0.1, -0.05) is 0 Å². The van der Waals surface area contributed by atoms with E-state index in [0.29, 0.717) is 0 Å². The van der Waals surface area contributed by atoms with E-state index in [0.717, 1.165) is 0 Å². The van der Waals surface area contributed by atoms with E-state index >= 15 is 0 Å². The van der Waals surface area contributed by atoms with Crippen molar-refractivity contribution in [2.45, 2.75) is 6.92 Å². The minimum atomic E-state index is 0. The van der Waals surface area contributed by atoms with Gasteiger partial charge < -0.3 is 10.5 Å². The van der Waals surface area contributed by atoms with Crippen molar-refractivity contribution in [3.05, 3.63) is 24.0 Å². The van der Waals surface area contributed by atoms with Crippen LogP contribution in [0, 0.1) is 6.92 Å². The summed E-state index contributed by atoms with van der Waals surface area (Å²) in [5.74, 6) is 0. The molecule has 0 unspecified atom stereocenters. The van der Waals surface area contributed by atoms with Crippen molar-refractivity contribution in [2.75, 3.05) is 0 Å². The Morgan fingerprint density at radius 2 is 2.12 bits per heavy atom. The van der Waals surface area contributed by atoms with Crippen LogP contribution >= 0.6 is 0 Å². The van der Waals surface area contributed by atoms with Gasteiger partial charge in [-0.25, -0.2) is 0 Å². The van der Waals surface area contributed by atoms with Crippen molar-refractivity contribution in [1.82, 2.24) is 4.98 Å². The van der Waals surface area contributed by atoms with Crippen molar-refractivity contribution < 1.29 is 56.9 Å². The third-order valence-corrected chi connectivity index (χ3v) is 0.753. The Morgan fingerprint density at radius 3 is 2.25 bits per heavy atom. The van der Waals surface area contributed by atoms with Crippen molar-refractivity contribution in [1.29, 1.82) is 0 Å². The largest absolute Gasteiger partial charge is 1.00 e. The molecule has 0 atom stereocenters. The molecule has 2 N–H and O–H groups in total. The van der Waals surface area contributed by atoms with E-state index in [2.05, 4.69) is 4.98 Å². The Labute approximate surface area is 91.4 Å². The molecule has 0 aliphatic rings. The zero-order chi connectivity index (χ0) is 4.41. The van der Waals surface area contributed by atoms with Crippen LogP contribution in [0.3, 0.4) is 0 Å². The maximum atomic E-state index is 3.00. The predicted octanol–water partition coefficient (Wildman–Crippen LogP) is -1.85. The van der Waals surface area contributed by atoms with E-state index in [1.807, 2.05) is 25.3 Å². The molecular formula is C5H8KNO. The zero-order valence-electron chi connectivity index (χ0n) is 5.18. The first-order valence-corrected chi connectivity index (χ1v) is 1.99. The zero-order valence-corrected chi connectivity index (χ0v) is 8.30. The minimum absolute atomic E-state index is 0. The molecule has 0 aliphatic heterocycles. The van der Waals surface area contributed by atoms with Gasteiger partial charge in [0.1, 0.15) is 0 Å². The molecule has 1 rings (SSSR count). The van der Waals surface area contributed by atoms with Crippen molar-refractivity contribution >= 4 is 0 Å². The van der Waals surface area contributed by atoms with E-state index in [9.17, 15) is 0 Å². The molecule has 40 valence electrons. The fourth-order valence-corrected chi connectivity index (χ4v) is 0.420. The molecule has 0 saturated heterocycles. The van der Waals surface area contributed by atoms with E-state index in [4.69, 9.17) is 0 Å². The van der Waals surface area contributed by atoms with Gasteiger partial charge in [0, 0.05) is 11.9 Å². The summed E-state index contributed by atoms with van der Waals surface area (Å²) in [5.41, 5.74) is 1.22. The average Bonchev–Trinajstić information content (AvgIpc) is 1.86. The Bertz CT molecular complexity index is 116. The second-order valence-corrected chi connectivity index (χ2v) is 1.35. The fraction of sp³-hybridized carbons (Fsp3) is 0.200. The maximum Gasteiger partial charge on any atom is 1.00 e. The van der Waals surface area contributed by atoms with E-state index in [1.54, 1.807) is 0 Å². The third kappa shape index (κ3) is 3.83. The second-order valence-electron chi connectivity index (χ2n) is 1.35. The third-order valence-electron chi connectivity index (χ3n) is 0.753. The van der Waals surface area contributed by atoms with Crippen LogP contribution in [0.25, 0.3) is 0 Å². The van der Waals surface area contributed by atoms with Crippen molar-refractivity contribution in [3.63, 3.8) is 0 Å². The van der Waals surface area contributed by atoms with Gasteiger partial charge in [0.15, 0.2) is 0 Å². The van der Waals surface area contributed by atoms with Crippen LogP contribution in [0.5, 0.6) is 0 Å². The Kier molecular flexibility index (Phi) is 8.74. The predicted molar refractivity (Wildman–Crippen MR) is 27.5 cm³/mol. The molecule has 0 spiro atoms. The monoisotopic (exact) mass is 137 g/mol. The minimum Gasteiger partial charge on any atom is -0.870 e.